The van der Waals surface area contributed by atoms with Gasteiger partial charge in [-0.15, -0.1) is 0 Å². The molecule has 2 heterocycles. The van der Waals surface area contributed by atoms with Crippen molar-refractivity contribution in [1.29, 1.82) is 0 Å². The zero-order valence-corrected chi connectivity index (χ0v) is 26.8. The van der Waals surface area contributed by atoms with Gasteiger partial charge in [-0.1, -0.05) is 72.0 Å². The van der Waals surface area contributed by atoms with Crippen LogP contribution in [0.5, 0.6) is 17.2 Å². The second-order valence-corrected chi connectivity index (χ2v) is 11.5. The summed E-state index contributed by atoms with van der Waals surface area (Å²) in [5.41, 5.74) is 3.24. The maximum absolute atomic E-state index is 14.3. The standard InChI is InChI=1S/C37H31FN2O6S/c1-4-45-36(42)32-33(25-10-6-5-7-11-25)39-37-40(34(32)26-15-18-29(43-2)30(21-26)44-3)35(41)31(47-37)20-24-9-8-12-28(19-24)46-22-23-13-16-27(38)17-14-23/h5-21,34H,4,22H2,1-3H3/b31-20-/t34-/m0/s1. The van der Waals surface area contributed by atoms with Crippen LogP contribution in [0.25, 0.3) is 11.8 Å². The molecule has 0 fully saturated rings. The minimum Gasteiger partial charge on any atom is -0.493 e. The molecule has 238 valence electrons. The number of hydrogen-bond donors (Lipinski definition) is 0. The van der Waals surface area contributed by atoms with Crippen LogP contribution in [0.4, 0.5) is 4.39 Å². The minimum atomic E-state index is -0.868. The van der Waals surface area contributed by atoms with E-state index in [0.717, 1.165) is 11.1 Å². The summed E-state index contributed by atoms with van der Waals surface area (Å²) >= 11 is 1.23. The Labute approximate surface area is 274 Å². The molecule has 0 bridgehead atoms. The van der Waals surface area contributed by atoms with Gasteiger partial charge >= 0.3 is 5.97 Å². The molecule has 0 amide bonds. The van der Waals surface area contributed by atoms with Gasteiger partial charge in [0.15, 0.2) is 16.3 Å². The van der Waals surface area contributed by atoms with Crippen molar-refractivity contribution in [1.82, 2.24) is 4.57 Å². The summed E-state index contributed by atoms with van der Waals surface area (Å²) in [5.74, 6) is 0.669. The topological polar surface area (TPSA) is 88.4 Å². The Hall–Kier alpha value is -5.48. The fraction of sp³-hybridized carbons (Fsp3) is 0.162. The Morgan fingerprint density at radius 3 is 2.43 bits per heavy atom. The first kappa shape index (κ1) is 31.5. The summed E-state index contributed by atoms with van der Waals surface area (Å²) in [5, 5.41) is 0. The summed E-state index contributed by atoms with van der Waals surface area (Å²) in [7, 11) is 3.07. The van der Waals surface area contributed by atoms with Gasteiger partial charge in [0.05, 0.1) is 42.7 Å². The number of nitrogens with zero attached hydrogens (tertiary/aromatic N) is 2. The highest BCUT2D eigenvalue weighted by Crippen LogP contribution is 2.38. The van der Waals surface area contributed by atoms with Crippen molar-refractivity contribution < 1.29 is 28.1 Å². The molecule has 0 saturated heterocycles. The van der Waals surface area contributed by atoms with E-state index >= 15 is 0 Å². The Morgan fingerprint density at radius 2 is 1.70 bits per heavy atom. The van der Waals surface area contributed by atoms with Crippen LogP contribution in [0, 0.1) is 5.82 Å². The van der Waals surface area contributed by atoms with Crippen LogP contribution in [0.15, 0.2) is 112 Å². The van der Waals surface area contributed by atoms with Crippen molar-refractivity contribution >= 4 is 29.1 Å². The number of ether oxygens (including phenoxy) is 4. The van der Waals surface area contributed by atoms with E-state index in [-0.39, 0.29) is 30.2 Å². The largest absolute Gasteiger partial charge is 0.493 e. The highest BCUT2D eigenvalue weighted by atomic mass is 32.1. The van der Waals surface area contributed by atoms with Gasteiger partial charge in [-0.2, -0.15) is 0 Å². The molecule has 0 aliphatic carbocycles. The smallest absolute Gasteiger partial charge is 0.338 e. The van der Waals surface area contributed by atoms with Crippen molar-refractivity contribution in [3.05, 3.63) is 150 Å². The maximum atomic E-state index is 14.3. The molecule has 10 heteroatoms. The summed E-state index contributed by atoms with van der Waals surface area (Å²) in [6.07, 6.45) is 1.77. The number of rotatable bonds is 10. The van der Waals surface area contributed by atoms with Gasteiger partial charge < -0.3 is 18.9 Å². The lowest BCUT2D eigenvalue weighted by Crippen LogP contribution is -2.40. The fourth-order valence-electron chi connectivity index (χ4n) is 5.37. The first-order valence-electron chi connectivity index (χ1n) is 14.9. The monoisotopic (exact) mass is 650 g/mol. The van der Waals surface area contributed by atoms with Crippen molar-refractivity contribution in [2.75, 3.05) is 20.8 Å². The van der Waals surface area contributed by atoms with E-state index < -0.39 is 12.0 Å². The zero-order chi connectivity index (χ0) is 32.9. The quantitative estimate of drug-likeness (QED) is 0.181. The second-order valence-electron chi connectivity index (χ2n) is 10.5. The van der Waals surface area contributed by atoms with Crippen LogP contribution >= 0.6 is 11.3 Å². The highest BCUT2D eigenvalue weighted by molar-refractivity contribution is 7.07. The van der Waals surface area contributed by atoms with E-state index in [1.165, 1.54) is 35.1 Å². The number of benzene rings is 4. The van der Waals surface area contributed by atoms with E-state index in [1.807, 2.05) is 54.6 Å². The number of hydrogen-bond acceptors (Lipinski definition) is 8. The second kappa shape index (κ2) is 13.9. The molecule has 5 aromatic rings. The third-order valence-electron chi connectivity index (χ3n) is 7.57. The van der Waals surface area contributed by atoms with Gasteiger partial charge in [0.2, 0.25) is 0 Å². The molecule has 0 unspecified atom stereocenters. The highest BCUT2D eigenvalue weighted by Gasteiger charge is 2.35. The third kappa shape index (κ3) is 6.59. The SMILES string of the molecule is CCOC(=O)C1=C(c2ccccc2)N=c2s/c(=C\c3cccc(OCc4ccc(F)cc4)c3)c(=O)n2[C@H]1c1ccc(OC)c(OC)c1. The average Bonchev–Trinajstić information content (AvgIpc) is 3.41. The van der Waals surface area contributed by atoms with Crippen LogP contribution in [0.3, 0.4) is 0 Å². The fourth-order valence-corrected chi connectivity index (χ4v) is 6.37. The molecule has 47 heavy (non-hydrogen) atoms. The molecule has 1 aliphatic rings. The van der Waals surface area contributed by atoms with E-state index in [0.29, 0.717) is 43.4 Å². The normalized spacial score (nSPS) is 14.3. The molecule has 0 radical (unpaired) electrons. The van der Waals surface area contributed by atoms with Gasteiger partial charge in [0.25, 0.3) is 5.56 Å². The minimum absolute atomic E-state index is 0.146. The van der Waals surface area contributed by atoms with Crippen molar-refractivity contribution in [3.63, 3.8) is 0 Å². The summed E-state index contributed by atoms with van der Waals surface area (Å²) < 4.78 is 37.8. The predicted octanol–water partition coefficient (Wildman–Crippen LogP) is 5.67. The van der Waals surface area contributed by atoms with Crippen LogP contribution in [0.2, 0.25) is 0 Å². The summed E-state index contributed by atoms with van der Waals surface area (Å²) in [4.78, 5) is 33.3. The number of thiazole rings is 1. The summed E-state index contributed by atoms with van der Waals surface area (Å²) in [6.45, 7) is 2.14. The maximum Gasteiger partial charge on any atom is 0.338 e. The van der Waals surface area contributed by atoms with Gasteiger partial charge in [-0.05, 0) is 66.1 Å². The number of halogens is 1. The lowest BCUT2D eigenvalue weighted by atomic mass is 9.93. The zero-order valence-electron chi connectivity index (χ0n) is 25.9. The lowest BCUT2D eigenvalue weighted by molar-refractivity contribution is -0.138. The summed E-state index contributed by atoms with van der Waals surface area (Å²) in [6, 6.07) is 27.3. The Bertz CT molecular complexity index is 2140. The molecule has 1 aromatic heterocycles. The molecular weight excluding hydrogens is 619 g/mol. The predicted molar refractivity (Wildman–Crippen MR) is 178 cm³/mol. The Morgan fingerprint density at radius 1 is 0.936 bits per heavy atom. The first-order valence-corrected chi connectivity index (χ1v) is 15.7. The van der Waals surface area contributed by atoms with Crippen molar-refractivity contribution in [2.24, 2.45) is 4.99 Å². The molecule has 6 rings (SSSR count). The van der Waals surface area contributed by atoms with Crippen LogP contribution in [-0.4, -0.2) is 31.4 Å². The first-order chi connectivity index (χ1) is 22.9. The van der Waals surface area contributed by atoms with Gasteiger partial charge in [0.1, 0.15) is 18.2 Å². The van der Waals surface area contributed by atoms with E-state index in [4.69, 9.17) is 23.9 Å². The van der Waals surface area contributed by atoms with E-state index in [2.05, 4.69) is 0 Å². The van der Waals surface area contributed by atoms with Gasteiger partial charge in [-0.3, -0.25) is 9.36 Å². The van der Waals surface area contributed by atoms with Crippen LogP contribution in [-0.2, 0) is 16.1 Å². The molecular formula is C37H31FN2O6S. The van der Waals surface area contributed by atoms with Crippen LogP contribution in [0.1, 0.15) is 35.2 Å². The van der Waals surface area contributed by atoms with Gasteiger partial charge in [0, 0.05) is 5.56 Å². The van der Waals surface area contributed by atoms with Gasteiger partial charge in [-0.25, -0.2) is 14.2 Å². The number of fused-ring (bicyclic) bond motifs is 1. The van der Waals surface area contributed by atoms with Crippen molar-refractivity contribution in [3.8, 4) is 17.2 Å². The van der Waals surface area contributed by atoms with E-state index in [9.17, 15) is 14.0 Å². The number of aromatic nitrogens is 1. The van der Waals surface area contributed by atoms with Crippen LogP contribution < -0.4 is 29.1 Å². The molecule has 0 spiro atoms. The molecule has 1 atom stereocenters. The average molecular weight is 651 g/mol. The number of esters is 1. The number of carbonyl (C=O) groups is 1. The Balaban J connectivity index is 1.50. The lowest BCUT2D eigenvalue weighted by Gasteiger charge is -2.26. The van der Waals surface area contributed by atoms with E-state index in [1.54, 1.807) is 50.4 Å². The molecule has 4 aromatic carbocycles. The molecule has 8 nitrogen and oxygen atoms in total. The van der Waals surface area contributed by atoms with Crippen molar-refractivity contribution in [2.45, 2.75) is 19.6 Å². The third-order valence-corrected chi connectivity index (χ3v) is 8.55. The number of methoxy groups -OCH3 is 2. The molecule has 0 N–H and O–H groups in total. The number of carbonyl (C=O) groups excluding carboxylic acids is 1. The molecule has 0 saturated carbocycles. The molecule has 1 aliphatic heterocycles. The Kier molecular flexibility index (Phi) is 9.30.